The van der Waals surface area contributed by atoms with Crippen molar-refractivity contribution in [2.75, 3.05) is 0 Å². The molecule has 136 valence electrons. The molecule has 3 fully saturated rings. The van der Waals surface area contributed by atoms with Gasteiger partial charge in [-0.05, 0) is 39.7 Å². The summed E-state index contributed by atoms with van der Waals surface area (Å²) in [5, 5.41) is 0. The van der Waals surface area contributed by atoms with Crippen molar-refractivity contribution in [3.8, 4) is 0 Å². The molecule has 0 N–H and O–H groups in total. The Labute approximate surface area is 150 Å². The van der Waals surface area contributed by atoms with E-state index >= 15 is 0 Å². The molecule has 0 aromatic rings. The zero-order chi connectivity index (χ0) is 18.9. The van der Waals surface area contributed by atoms with Gasteiger partial charge in [0.25, 0.3) is 0 Å². The highest BCUT2D eigenvalue weighted by atomic mass is 16.7. The molecule has 2 bridgehead atoms. The predicted molar refractivity (Wildman–Crippen MR) is 88.1 cm³/mol. The van der Waals surface area contributed by atoms with Crippen LogP contribution in [0.1, 0.15) is 27.7 Å². The molecule has 2 heterocycles. The summed E-state index contributed by atoms with van der Waals surface area (Å²) < 4.78 is 11.7. The van der Waals surface area contributed by atoms with Gasteiger partial charge >= 0.3 is 0 Å². The lowest BCUT2D eigenvalue weighted by Gasteiger charge is -2.50. The number of allylic oxidation sites excluding steroid dienone is 2. The standard InChI is InChI=1S/C20H20O6/c1-9(21)17(3)19(25-17)13-7-5-12(16(19)24)11-6-8-14(23)20(15(11)13)18(4,26-20)10(2)22/h5-8,11-13,15H,1-4H3/t11?,12?,13?,15?,17-,18-,19?,20-/m0/s1. The molecule has 0 aromatic carbocycles. The molecule has 8 atom stereocenters. The SMILES string of the molecule is CC(=O)[C@]1(C)OC12C(=O)C1C=CC2C2C1C=CC(=O)[C@]21O[C@@]1(C)C(C)=O. The Morgan fingerprint density at radius 3 is 2.04 bits per heavy atom. The van der Waals surface area contributed by atoms with Crippen molar-refractivity contribution in [3.05, 3.63) is 24.3 Å². The number of hydrogen-bond donors (Lipinski definition) is 0. The lowest BCUT2D eigenvalue weighted by molar-refractivity contribution is -0.143. The third kappa shape index (κ3) is 1.32. The van der Waals surface area contributed by atoms with Gasteiger partial charge in [-0.3, -0.25) is 19.2 Å². The highest BCUT2D eigenvalue weighted by Crippen LogP contribution is 2.71. The van der Waals surface area contributed by atoms with E-state index < -0.39 is 40.2 Å². The van der Waals surface area contributed by atoms with Crippen molar-refractivity contribution in [2.24, 2.45) is 23.7 Å². The van der Waals surface area contributed by atoms with Gasteiger partial charge in [0.2, 0.25) is 0 Å². The van der Waals surface area contributed by atoms with Gasteiger partial charge in [0.1, 0.15) is 0 Å². The van der Waals surface area contributed by atoms with Crippen LogP contribution in [0.15, 0.2) is 24.3 Å². The Hall–Kier alpha value is -1.92. The van der Waals surface area contributed by atoms with E-state index in [1.54, 1.807) is 19.9 Å². The third-order valence-corrected chi connectivity index (χ3v) is 7.59. The molecule has 0 amide bonds. The molecule has 6 nitrogen and oxygen atoms in total. The van der Waals surface area contributed by atoms with Crippen molar-refractivity contribution in [2.45, 2.75) is 50.1 Å². The largest absolute Gasteiger partial charge is 0.345 e. The van der Waals surface area contributed by atoms with Gasteiger partial charge in [-0.2, -0.15) is 0 Å². The van der Waals surface area contributed by atoms with Crippen molar-refractivity contribution >= 4 is 23.1 Å². The number of ether oxygens (including phenoxy) is 2. The summed E-state index contributed by atoms with van der Waals surface area (Å²) in [6, 6.07) is 0. The molecule has 0 radical (unpaired) electrons. The highest BCUT2D eigenvalue weighted by molar-refractivity contribution is 6.11. The molecule has 5 unspecified atom stereocenters. The van der Waals surface area contributed by atoms with E-state index in [1.807, 2.05) is 12.2 Å². The number of hydrogen-bond acceptors (Lipinski definition) is 6. The van der Waals surface area contributed by atoms with Crippen LogP contribution >= 0.6 is 0 Å². The first kappa shape index (κ1) is 16.3. The minimum Gasteiger partial charge on any atom is -0.345 e. The van der Waals surface area contributed by atoms with Gasteiger partial charge in [0, 0.05) is 17.8 Å². The Morgan fingerprint density at radius 1 is 0.923 bits per heavy atom. The summed E-state index contributed by atoms with van der Waals surface area (Å²) in [7, 11) is 0. The number of ketones is 4. The quantitative estimate of drug-likeness (QED) is 0.541. The minimum absolute atomic E-state index is 0.108. The van der Waals surface area contributed by atoms with Crippen molar-refractivity contribution in [1.29, 1.82) is 0 Å². The van der Waals surface area contributed by atoms with Gasteiger partial charge in [0.05, 0.1) is 0 Å². The number of rotatable bonds is 2. The van der Waals surface area contributed by atoms with Crippen LogP contribution in [0.25, 0.3) is 0 Å². The lowest BCUT2D eigenvalue weighted by atomic mass is 9.48. The summed E-state index contributed by atoms with van der Waals surface area (Å²) in [6.07, 6.45) is 6.95. The molecule has 4 aliphatic carbocycles. The molecule has 26 heavy (non-hydrogen) atoms. The first-order valence-corrected chi connectivity index (χ1v) is 8.95. The Balaban J connectivity index is 1.69. The number of carbonyl (C=O) groups is 4. The van der Waals surface area contributed by atoms with Crippen LogP contribution in [-0.4, -0.2) is 45.5 Å². The molecule has 1 saturated carbocycles. The Kier molecular flexibility index (Phi) is 2.60. The number of carbonyl (C=O) groups excluding carboxylic acids is 4. The zero-order valence-electron chi connectivity index (χ0n) is 15.1. The Bertz CT molecular complexity index is 885. The average molecular weight is 356 g/mol. The van der Waals surface area contributed by atoms with Crippen molar-refractivity contribution < 1.29 is 28.7 Å². The fourth-order valence-corrected chi connectivity index (χ4v) is 5.87. The van der Waals surface area contributed by atoms with E-state index in [2.05, 4.69) is 0 Å². The van der Waals surface area contributed by atoms with Gasteiger partial charge in [-0.25, -0.2) is 0 Å². The summed E-state index contributed by atoms with van der Waals surface area (Å²) in [4.78, 5) is 50.5. The fourth-order valence-electron chi connectivity index (χ4n) is 5.87. The molecule has 0 aromatic heterocycles. The van der Waals surface area contributed by atoms with Gasteiger partial charge in [-0.15, -0.1) is 0 Å². The molecule has 6 aliphatic rings. The molecule has 2 spiro atoms. The topological polar surface area (TPSA) is 93.3 Å². The van der Waals surface area contributed by atoms with Gasteiger partial charge in [-0.1, -0.05) is 18.2 Å². The summed E-state index contributed by atoms with van der Waals surface area (Å²) in [5.41, 5.74) is -4.91. The first-order valence-electron chi connectivity index (χ1n) is 8.95. The van der Waals surface area contributed by atoms with E-state index in [9.17, 15) is 19.2 Å². The third-order valence-electron chi connectivity index (χ3n) is 7.59. The van der Waals surface area contributed by atoms with Crippen LogP contribution in [-0.2, 0) is 28.7 Å². The molecule has 2 aliphatic heterocycles. The zero-order valence-corrected chi connectivity index (χ0v) is 15.1. The fraction of sp³-hybridized carbons (Fsp3) is 0.600. The lowest BCUT2D eigenvalue weighted by Crippen LogP contribution is -2.64. The van der Waals surface area contributed by atoms with E-state index in [0.717, 1.165) is 0 Å². The van der Waals surface area contributed by atoms with Crippen molar-refractivity contribution in [3.63, 3.8) is 0 Å². The van der Waals surface area contributed by atoms with Gasteiger partial charge < -0.3 is 9.47 Å². The van der Waals surface area contributed by atoms with Crippen LogP contribution in [0, 0.1) is 23.7 Å². The normalized spacial score (nSPS) is 55.4. The number of Topliss-reactive ketones (excluding diaryl/α,β-unsaturated/α-hetero) is 3. The second kappa shape index (κ2) is 4.15. The number of epoxide rings is 2. The van der Waals surface area contributed by atoms with E-state index in [0.29, 0.717) is 0 Å². The molecule has 6 heteroatoms. The summed E-state index contributed by atoms with van der Waals surface area (Å²) in [5.74, 6) is -2.36. The van der Waals surface area contributed by atoms with Crippen LogP contribution in [0.5, 0.6) is 0 Å². The predicted octanol–water partition coefficient (Wildman–Crippen LogP) is 0.976. The summed E-state index contributed by atoms with van der Waals surface area (Å²) >= 11 is 0. The van der Waals surface area contributed by atoms with Crippen LogP contribution in [0.3, 0.4) is 0 Å². The Morgan fingerprint density at radius 2 is 1.50 bits per heavy atom. The van der Waals surface area contributed by atoms with Gasteiger partial charge in [0.15, 0.2) is 45.5 Å². The monoisotopic (exact) mass is 356 g/mol. The van der Waals surface area contributed by atoms with E-state index in [1.165, 1.54) is 19.9 Å². The highest BCUT2D eigenvalue weighted by Gasteiger charge is 2.88. The maximum atomic E-state index is 13.2. The van der Waals surface area contributed by atoms with Crippen molar-refractivity contribution in [1.82, 2.24) is 0 Å². The first-order chi connectivity index (χ1) is 12.1. The second-order valence-electron chi connectivity index (χ2n) is 8.48. The van der Waals surface area contributed by atoms with Crippen LogP contribution in [0.4, 0.5) is 0 Å². The maximum absolute atomic E-state index is 13.2. The molecular formula is C20H20O6. The van der Waals surface area contributed by atoms with E-state index in [4.69, 9.17) is 9.47 Å². The maximum Gasteiger partial charge on any atom is 0.191 e. The minimum atomic E-state index is -1.27. The smallest absolute Gasteiger partial charge is 0.191 e. The second-order valence-corrected chi connectivity index (χ2v) is 8.48. The average Bonchev–Trinajstić information content (AvgIpc) is 3.42. The molecule has 2 saturated heterocycles. The van der Waals surface area contributed by atoms with Crippen LogP contribution < -0.4 is 0 Å². The van der Waals surface area contributed by atoms with E-state index in [-0.39, 0.29) is 29.1 Å². The van der Waals surface area contributed by atoms with Crippen LogP contribution in [0.2, 0.25) is 0 Å². The summed E-state index contributed by atoms with van der Waals surface area (Å²) in [6.45, 7) is 6.12. The molecular weight excluding hydrogens is 336 g/mol. The molecule has 6 rings (SSSR count).